The average Bonchev–Trinajstić information content (AvgIpc) is 3.24. The van der Waals surface area contributed by atoms with Gasteiger partial charge >= 0.3 is 0 Å². The van der Waals surface area contributed by atoms with Crippen molar-refractivity contribution in [2.75, 3.05) is 7.11 Å². The molecule has 7 heteroatoms. The first-order valence-electron chi connectivity index (χ1n) is 9.52. The largest absolute Gasteiger partial charge is 0.497 e. The van der Waals surface area contributed by atoms with Gasteiger partial charge in [-0.2, -0.15) is 10.2 Å². The molecule has 4 rings (SSSR count). The van der Waals surface area contributed by atoms with Crippen LogP contribution in [0, 0.1) is 0 Å². The van der Waals surface area contributed by atoms with Crippen molar-refractivity contribution in [1.82, 2.24) is 15.2 Å². The quantitative estimate of drug-likeness (QED) is 0.347. The molecule has 0 saturated carbocycles. The highest BCUT2D eigenvalue weighted by atomic mass is 35.5. The third-order valence-electron chi connectivity index (χ3n) is 4.60. The Labute approximate surface area is 184 Å². The van der Waals surface area contributed by atoms with E-state index in [1.807, 2.05) is 60.8 Å². The van der Waals surface area contributed by atoms with Gasteiger partial charge in [-0.25, -0.2) is 10.1 Å². The third kappa shape index (κ3) is 4.82. The predicted molar refractivity (Wildman–Crippen MR) is 122 cm³/mol. The first kappa shape index (κ1) is 20.4. The molecule has 0 radical (unpaired) electrons. The van der Waals surface area contributed by atoms with Gasteiger partial charge in [0.05, 0.1) is 19.0 Å². The van der Waals surface area contributed by atoms with Crippen LogP contribution in [0.4, 0.5) is 0 Å². The Kier molecular flexibility index (Phi) is 6.10. The van der Waals surface area contributed by atoms with E-state index in [2.05, 4.69) is 10.5 Å². The molecule has 4 aromatic rings. The maximum absolute atomic E-state index is 12.3. The standard InChI is InChI=1S/C24H19ClN4O2/c1-31-22-13-9-17(10-14-22)23-19(16-29(28-23)21-5-3-2-4-6-21)15-26-27-24(30)18-7-11-20(25)12-8-18/h2-16H,1H3,(H,27,30). The molecule has 6 nitrogen and oxygen atoms in total. The van der Waals surface area contributed by atoms with Crippen molar-refractivity contribution in [3.05, 3.63) is 101 Å². The van der Waals surface area contributed by atoms with Crippen molar-refractivity contribution in [2.45, 2.75) is 0 Å². The van der Waals surface area contributed by atoms with Crippen LogP contribution in [0.25, 0.3) is 16.9 Å². The number of methoxy groups -OCH3 is 1. The number of para-hydroxylation sites is 1. The van der Waals surface area contributed by atoms with Crippen molar-refractivity contribution < 1.29 is 9.53 Å². The van der Waals surface area contributed by atoms with Crippen LogP contribution >= 0.6 is 11.6 Å². The molecule has 1 heterocycles. The van der Waals surface area contributed by atoms with Gasteiger partial charge < -0.3 is 4.74 Å². The Morgan fingerprint density at radius 3 is 2.42 bits per heavy atom. The van der Waals surface area contributed by atoms with Gasteiger partial charge in [0.25, 0.3) is 5.91 Å². The van der Waals surface area contributed by atoms with E-state index in [0.717, 1.165) is 28.3 Å². The number of benzene rings is 3. The molecule has 0 aliphatic rings. The van der Waals surface area contributed by atoms with E-state index in [9.17, 15) is 4.79 Å². The number of hydrazone groups is 1. The van der Waals surface area contributed by atoms with Gasteiger partial charge in [0, 0.05) is 27.9 Å². The van der Waals surface area contributed by atoms with Gasteiger partial charge in [-0.1, -0.05) is 29.8 Å². The van der Waals surface area contributed by atoms with Gasteiger partial charge in [-0.15, -0.1) is 0 Å². The van der Waals surface area contributed by atoms with E-state index in [-0.39, 0.29) is 5.91 Å². The Morgan fingerprint density at radius 1 is 1.03 bits per heavy atom. The van der Waals surface area contributed by atoms with Crippen molar-refractivity contribution in [1.29, 1.82) is 0 Å². The number of aromatic nitrogens is 2. The van der Waals surface area contributed by atoms with Crippen LogP contribution in [0.1, 0.15) is 15.9 Å². The Bertz CT molecular complexity index is 1200. The van der Waals surface area contributed by atoms with E-state index in [1.54, 1.807) is 42.3 Å². The van der Waals surface area contributed by atoms with Crippen LogP contribution in [-0.2, 0) is 0 Å². The summed E-state index contributed by atoms with van der Waals surface area (Å²) >= 11 is 5.87. The van der Waals surface area contributed by atoms with Crippen molar-refractivity contribution in [3.8, 4) is 22.7 Å². The first-order chi connectivity index (χ1) is 15.1. The fourth-order valence-electron chi connectivity index (χ4n) is 2.99. The molecule has 0 saturated heterocycles. The summed E-state index contributed by atoms with van der Waals surface area (Å²) in [5.74, 6) is 0.436. The Morgan fingerprint density at radius 2 is 1.74 bits per heavy atom. The van der Waals surface area contributed by atoms with Crippen molar-refractivity contribution >= 4 is 23.7 Å². The fourth-order valence-corrected chi connectivity index (χ4v) is 3.12. The second-order valence-electron chi connectivity index (χ2n) is 6.65. The molecule has 0 aliphatic heterocycles. The highest BCUT2D eigenvalue weighted by molar-refractivity contribution is 6.30. The summed E-state index contributed by atoms with van der Waals surface area (Å²) in [4.78, 5) is 12.3. The number of carbonyl (C=O) groups excluding carboxylic acids is 1. The Balaban J connectivity index is 1.63. The lowest BCUT2D eigenvalue weighted by Gasteiger charge is -2.03. The van der Waals surface area contributed by atoms with Crippen LogP contribution in [-0.4, -0.2) is 29.0 Å². The molecule has 1 amide bonds. The summed E-state index contributed by atoms with van der Waals surface area (Å²) in [5.41, 5.74) is 6.32. The van der Waals surface area contributed by atoms with Crippen LogP contribution < -0.4 is 10.2 Å². The van der Waals surface area contributed by atoms with Gasteiger partial charge in [0.1, 0.15) is 11.4 Å². The normalized spacial score (nSPS) is 10.9. The van der Waals surface area contributed by atoms with Crippen LogP contribution in [0.3, 0.4) is 0 Å². The Hall–Kier alpha value is -3.90. The number of halogens is 1. The van der Waals surface area contributed by atoms with Gasteiger partial charge in [0.2, 0.25) is 0 Å². The maximum Gasteiger partial charge on any atom is 0.271 e. The molecular weight excluding hydrogens is 412 g/mol. The van der Waals surface area contributed by atoms with Gasteiger partial charge in [-0.05, 0) is 60.7 Å². The summed E-state index contributed by atoms with van der Waals surface area (Å²) < 4.78 is 7.02. The summed E-state index contributed by atoms with van der Waals surface area (Å²) in [5, 5.41) is 9.43. The zero-order valence-electron chi connectivity index (χ0n) is 16.7. The zero-order chi connectivity index (χ0) is 21.6. The maximum atomic E-state index is 12.3. The summed E-state index contributed by atoms with van der Waals surface area (Å²) in [6.07, 6.45) is 3.45. The monoisotopic (exact) mass is 430 g/mol. The van der Waals surface area contributed by atoms with Crippen molar-refractivity contribution in [3.63, 3.8) is 0 Å². The minimum Gasteiger partial charge on any atom is -0.497 e. The average molecular weight is 431 g/mol. The highest BCUT2D eigenvalue weighted by Gasteiger charge is 2.12. The lowest BCUT2D eigenvalue weighted by molar-refractivity contribution is 0.0955. The van der Waals surface area contributed by atoms with Gasteiger partial charge in [0.15, 0.2) is 0 Å². The second kappa shape index (κ2) is 9.28. The van der Waals surface area contributed by atoms with E-state index < -0.39 is 0 Å². The minimum atomic E-state index is -0.325. The van der Waals surface area contributed by atoms with Crippen LogP contribution in [0.2, 0.25) is 5.02 Å². The lowest BCUT2D eigenvalue weighted by atomic mass is 10.1. The molecule has 0 unspecified atom stereocenters. The number of rotatable bonds is 6. The molecule has 0 aliphatic carbocycles. The predicted octanol–water partition coefficient (Wildman–Crippen LogP) is 4.97. The molecule has 31 heavy (non-hydrogen) atoms. The number of hydrogen-bond donors (Lipinski definition) is 1. The SMILES string of the molecule is COc1ccc(-c2nn(-c3ccccc3)cc2C=NNC(=O)c2ccc(Cl)cc2)cc1. The number of nitrogens with zero attached hydrogens (tertiary/aromatic N) is 3. The van der Waals surface area contributed by atoms with Crippen LogP contribution in [0.15, 0.2) is 90.2 Å². The molecule has 3 aromatic carbocycles. The van der Waals surface area contributed by atoms with E-state index >= 15 is 0 Å². The molecule has 0 fully saturated rings. The zero-order valence-corrected chi connectivity index (χ0v) is 17.5. The van der Waals surface area contributed by atoms with E-state index in [1.165, 1.54) is 0 Å². The highest BCUT2D eigenvalue weighted by Crippen LogP contribution is 2.25. The lowest BCUT2D eigenvalue weighted by Crippen LogP contribution is -2.17. The molecule has 0 bridgehead atoms. The summed E-state index contributed by atoms with van der Waals surface area (Å²) in [6.45, 7) is 0. The second-order valence-corrected chi connectivity index (χ2v) is 7.08. The van der Waals surface area contributed by atoms with E-state index in [4.69, 9.17) is 21.4 Å². The molecule has 0 spiro atoms. The number of ether oxygens (including phenoxy) is 1. The number of nitrogens with one attached hydrogen (secondary N) is 1. The number of hydrogen-bond acceptors (Lipinski definition) is 4. The van der Waals surface area contributed by atoms with Crippen LogP contribution in [0.5, 0.6) is 5.75 Å². The summed E-state index contributed by atoms with van der Waals surface area (Å²) in [6, 6.07) is 24.0. The third-order valence-corrected chi connectivity index (χ3v) is 4.85. The molecule has 1 aromatic heterocycles. The van der Waals surface area contributed by atoms with Crippen molar-refractivity contribution in [2.24, 2.45) is 5.10 Å². The topological polar surface area (TPSA) is 68.5 Å². The fraction of sp³-hybridized carbons (Fsp3) is 0.0417. The summed E-state index contributed by atoms with van der Waals surface area (Å²) in [7, 11) is 1.63. The number of amides is 1. The molecule has 0 atom stereocenters. The van der Waals surface area contributed by atoms with E-state index in [0.29, 0.717) is 10.6 Å². The first-order valence-corrected chi connectivity index (χ1v) is 9.90. The minimum absolute atomic E-state index is 0.325. The molecular formula is C24H19ClN4O2. The van der Waals surface area contributed by atoms with Gasteiger partial charge in [-0.3, -0.25) is 4.79 Å². The molecule has 154 valence electrons. The molecule has 1 N–H and O–H groups in total. The smallest absolute Gasteiger partial charge is 0.271 e. The number of carbonyl (C=O) groups is 1.